The predicted molar refractivity (Wildman–Crippen MR) is 108 cm³/mol. The Balaban J connectivity index is 2.30. The standard InChI is InChI=1S/C19H23BrN2O3S/c1-19(2,3)16(22-18(24)25)13(11-12-7-5-4-6-8-12)21-17(23)14-9-10-15(20)26-14/h4-10,13,16,22H,11H2,1-3H3,(H,21,23)(H,24,25). The second kappa shape index (κ2) is 8.68. The summed E-state index contributed by atoms with van der Waals surface area (Å²) in [5.41, 5.74) is 0.660. The van der Waals surface area contributed by atoms with E-state index in [0.29, 0.717) is 11.3 Å². The van der Waals surface area contributed by atoms with Gasteiger partial charge in [-0.2, -0.15) is 0 Å². The predicted octanol–water partition coefficient (Wildman–Crippen LogP) is 4.53. The Labute approximate surface area is 165 Å². The van der Waals surface area contributed by atoms with Gasteiger partial charge >= 0.3 is 6.09 Å². The van der Waals surface area contributed by atoms with Gasteiger partial charge in [0.05, 0.1) is 20.7 Å². The molecule has 2 unspecified atom stereocenters. The Hall–Kier alpha value is -1.86. The minimum absolute atomic E-state index is 0.205. The molecule has 0 aliphatic carbocycles. The van der Waals surface area contributed by atoms with Gasteiger partial charge < -0.3 is 15.7 Å². The summed E-state index contributed by atoms with van der Waals surface area (Å²) < 4.78 is 0.873. The van der Waals surface area contributed by atoms with E-state index in [0.717, 1.165) is 9.35 Å². The fraction of sp³-hybridized carbons (Fsp3) is 0.368. The highest BCUT2D eigenvalue weighted by atomic mass is 79.9. The molecule has 0 aliphatic heterocycles. The van der Waals surface area contributed by atoms with Gasteiger partial charge in [-0.3, -0.25) is 4.79 Å². The number of hydrogen-bond acceptors (Lipinski definition) is 3. The van der Waals surface area contributed by atoms with Crippen molar-refractivity contribution in [3.05, 3.63) is 56.7 Å². The molecule has 1 aromatic heterocycles. The summed E-state index contributed by atoms with van der Waals surface area (Å²) in [6.07, 6.45) is -0.572. The highest BCUT2D eigenvalue weighted by Gasteiger charge is 2.35. The number of carbonyl (C=O) groups is 2. The van der Waals surface area contributed by atoms with E-state index in [1.165, 1.54) is 11.3 Å². The topological polar surface area (TPSA) is 78.4 Å². The average molecular weight is 439 g/mol. The van der Waals surface area contributed by atoms with Gasteiger partial charge in [-0.1, -0.05) is 51.1 Å². The first-order chi connectivity index (χ1) is 12.2. The van der Waals surface area contributed by atoms with Gasteiger partial charge in [0.25, 0.3) is 5.91 Å². The molecule has 26 heavy (non-hydrogen) atoms. The first kappa shape index (κ1) is 20.5. The van der Waals surface area contributed by atoms with Gasteiger partial charge in [-0.05, 0) is 45.5 Å². The molecule has 5 nitrogen and oxygen atoms in total. The number of hydrogen-bond donors (Lipinski definition) is 3. The van der Waals surface area contributed by atoms with Crippen LogP contribution in [0, 0.1) is 5.41 Å². The van der Waals surface area contributed by atoms with E-state index in [1.807, 2.05) is 57.2 Å². The molecule has 3 N–H and O–H groups in total. The molecule has 2 rings (SSSR count). The van der Waals surface area contributed by atoms with Crippen molar-refractivity contribution >= 4 is 39.3 Å². The van der Waals surface area contributed by atoms with Crippen molar-refractivity contribution in [2.45, 2.75) is 39.3 Å². The number of nitrogens with one attached hydrogen (secondary N) is 2. The number of halogens is 1. The smallest absolute Gasteiger partial charge is 0.404 e. The maximum absolute atomic E-state index is 12.7. The van der Waals surface area contributed by atoms with Crippen molar-refractivity contribution in [2.75, 3.05) is 0 Å². The van der Waals surface area contributed by atoms with Gasteiger partial charge in [0.1, 0.15) is 0 Å². The fourth-order valence-electron chi connectivity index (χ4n) is 2.85. The van der Waals surface area contributed by atoms with E-state index in [1.54, 1.807) is 6.07 Å². The molecule has 0 fully saturated rings. The van der Waals surface area contributed by atoms with Gasteiger partial charge in [0, 0.05) is 0 Å². The third-order valence-corrected chi connectivity index (χ3v) is 5.65. The lowest BCUT2D eigenvalue weighted by molar-refractivity contribution is 0.0905. The maximum atomic E-state index is 12.7. The van der Waals surface area contributed by atoms with E-state index in [2.05, 4.69) is 26.6 Å². The van der Waals surface area contributed by atoms with Crippen LogP contribution in [-0.2, 0) is 6.42 Å². The number of carboxylic acid groups (broad SMARTS) is 1. The molecule has 2 aromatic rings. The van der Waals surface area contributed by atoms with E-state index in [-0.39, 0.29) is 17.4 Å². The first-order valence-electron chi connectivity index (χ1n) is 8.26. The number of carbonyl (C=O) groups excluding carboxylic acids is 1. The largest absolute Gasteiger partial charge is 0.465 e. The quantitative estimate of drug-likeness (QED) is 0.619. The highest BCUT2D eigenvalue weighted by molar-refractivity contribution is 9.11. The summed E-state index contributed by atoms with van der Waals surface area (Å²) in [4.78, 5) is 24.6. The van der Waals surface area contributed by atoms with Crippen molar-refractivity contribution in [3.63, 3.8) is 0 Å². The molecular formula is C19H23BrN2O3S. The van der Waals surface area contributed by atoms with Crippen LogP contribution < -0.4 is 10.6 Å². The number of thiophene rings is 1. The Kier molecular flexibility index (Phi) is 6.83. The van der Waals surface area contributed by atoms with Crippen LogP contribution in [0.25, 0.3) is 0 Å². The van der Waals surface area contributed by atoms with Crippen LogP contribution in [0.4, 0.5) is 4.79 Å². The SMILES string of the molecule is CC(C)(C)C(NC(=O)O)C(Cc1ccccc1)NC(=O)c1ccc(Br)s1. The normalized spacial score (nSPS) is 13.7. The third kappa shape index (κ3) is 5.85. The van der Waals surface area contributed by atoms with Crippen LogP contribution in [0.3, 0.4) is 0 Å². The Morgan fingerprint density at radius 3 is 2.27 bits per heavy atom. The monoisotopic (exact) mass is 438 g/mol. The van der Waals surface area contributed by atoms with Crippen LogP contribution in [0.1, 0.15) is 36.0 Å². The molecule has 1 heterocycles. The van der Waals surface area contributed by atoms with Crippen LogP contribution in [0.2, 0.25) is 0 Å². The average Bonchev–Trinajstić information content (AvgIpc) is 2.98. The number of amides is 2. The molecule has 0 saturated heterocycles. The zero-order valence-electron chi connectivity index (χ0n) is 15.0. The Morgan fingerprint density at radius 1 is 1.12 bits per heavy atom. The van der Waals surface area contributed by atoms with Crippen LogP contribution in [-0.4, -0.2) is 29.2 Å². The molecule has 2 amide bonds. The highest BCUT2D eigenvalue weighted by Crippen LogP contribution is 2.26. The number of rotatable bonds is 6. The van der Waals surface area contributed by atoms with Crippen molar-refractivity contribution < 1.29 is 14.7 Å². The molecule has 0 aliphatic rings. The molecule has 2 atom stereocenters. The lowest BCUT2D eigenvalue weighted by Crippen LogP contribution is -2.58. The summed E-state index contributed by atoms with van der Waals surface area (Å²) in [5.74, 6) is -0.205. The number of benzene rings is 1. The van der Waals surface area contributed by atoms with E-state index < -0.39 is 12.1 Å². The second-order valence-electron chi connectivity index (χ2n) is 7.17. The zero-order valence-corrected chi connectivity index (χ0v) is 17.4. The Bertz CT molecular complexity index is 756. The van der Waals surface area contributed by atoms with Crippen LogP contribution in [0.5, 0.6) is 0 Å². The minimum Gasteiger partial charge on any atom is -0.465 e. The maximum Gasteiger partial charge on any atom is 0.404 e. The Morgan fingerprint density at radius 2 is 1.77 bits per heavy atom. The molecule has 0 spiro atoms. The third-order valence-electron chi connectivity index (χ3n) is 4.03. The molecule has 7 heteroatoms. The molecular weight excluding hydrogens is 416 g/mol. The summed E-state index contributed by atoms with van der Waals surface area (Å²) >= 11 is 4.71. The van der Waals surface area contributed by atoms with Gasteiger partial charge in [0.2, 0.25) is 0 Å². The summed E-state index contributed by atoms with van der Waals surface area (Å²) in [6, 6.07) is 12.5. The van der Waals surface area contributed by atoms with Gasteiger partial charge in [-0.15, -0.1) is 11.3 Å². The molecule has 0 bridgehead atoms. The fourth-order valence-corrected chi connectivity index (χ4v) is 4.14. The van der Waals surface area contributed by atoms with Crippen molar-refractivity contribution in [1.82, 2.24) is 10.6 Å². The summed E-state index contributed by atoms with van der Waals surface area (Å²) in [6.45, 7) is 5.87. The molecule has 0 radical (unpaired) electrons. The lowest BCUT2D eigenvalue weighted by Gasteiger charge is -2.37. The van der Waals surface area contributed by atoms with Crippen LogP contribution in [0.15, 0.2) is 46.3 Å². The zero-order chi connectivity index (χ0) is 19.3. The lowest BCUT2D eigenvalue weighted by atomic mass is 9.80. The van der Waals surface area contributed by atoms with Crippen molar-refractivity contribution in [1.29, 1.82) is 0 Å². The van der Waals surface area contributed by atoms with E-state index in [9.17, 15) is 14.7 Å². The van der Waals surface area contributed by atoms with Crippen molar-refractivity contribution in [2.24, 2.45) is 5.41 Å². The first-order valence-corrected chi connectivity index (χ1v) is 9.87. The van der Waals surface area contributed by atoms with Crippen LogP contribution >= 0.6 is 27.3 Å². The van der Waals surface area contributed by atoms with Gasteiger partial charge in [0.15, 0.2) is 0 Å². The van der Waals surface area contributed by atoms with E-state index >= 15 is 0 Å². The summed E-state index contributed by atoms with van der Waals surface area (Å²) in [5, 5.41) is 14.9. The van der Waals surface area contributed by atoms with E-state index in [4.69, 9.17) is 0 Å². The molecule has 0 saturated carbocycles. The second-order valence-corrected chi connectivity index (χ2v) is 9.63. The van der Waals surface area contributed by atoms with Gasteiger partial charge in [-0.25, -0.2) is 4.79 Å². The van der Waals surface area contributed by atoms with Crippen molar-refractivity contribution in [3.8, 4) is 0 Å². The summed E-state index contributed by atoms with van der Waals surface area (Å²) in [7, 11) is 0. The molecule has 140 valence electrons. The molecule has 1 aromatic carbocycles. The minimum atomic E-state index is -1.10.